The molecule has 0 saturated carbocycles. The Morgan fingerprint density at radius 2 is 1.97 bits per heavy atom. The van der Waals surface area contributed by atoms with Gasteiger partial charge in [0.25, 0.3) is 11.8 Å². The van der Waals surface area contributed by atoms with Crippen molar-refractivity contribution in [1.29, 1.82) is 0 Å². The van der Waals surface area contributed by atoms with Gasteiger partial charge < -0.3 is 13.7 Å². The molecular formula is C22H16ClN3O4. The molecular weight excluding hydrogens is 406 g/mol. The molecule has 0 unspecified atom stereocenters. The molecule has 0 N–H and O–H groups in total. The van der Waals surface area contributed by atoms with Crippen molar-refractivity contribution in [3.05, 3.63) is 82.9 Å². The molecule has 30 heavy (non-hydrogen) atoms. The third kappa shape index (κ3) is 4.47. The van der Waals surface area contributed by atoms with Gasteiger partial charge in [-0.25, -0.2) is 4.79 Å². The molecule has 4 rings (SSSR count). The summed E-state index contributed by atoms with van der Waals surface area (Å²) in [5.74, 6) is 0.411. The second-order valence-corrected chi connectivity index (χ2v) is 6.76. The molecule has 8 heteroatoms. The highest BCUT2D eigenvalue weighted by atomic mass is 35.5. The Hall–Kier alpha value is -3.71. The van der Waals surface area contributed by atoms with E-state index < -0.39 is 5.97 Å². The summed E-state index contributed by atoms with van der Waals surface area (Å²) in [7, 11) is 0. The van der Waals surface area contributed by atoms with Crippen LogP contribution < -0.4 is 0 Å². The van der Waals surface area contributed by atoms with Crippen LogP contribution in [0, 0.1) is 6.92 Å². The number of benzene rings is 2. The number of esters is 1. The Labute approximate surface area is 176 Å². The van der Waals surface area contributed by atoms with Gasteiger partial charge in [-0.3, -0.25) is 0 Å². The first-order valence-electron chi connectivity index (χ1n) is 9.05. The van der Waals surface area contributed by atoms with Crippen molar-refractivity contribution in [2.45, 2.75) is 13.5 Å². The molecule has 0 aliphatic carbocycles. The second kappa shape index (κ2) is 8.75. The fourth-order valence-electron chi connectivity index (χ4n) is 2.79. The fourth-order valence-corrected chi connectivity index (χ4v) is 2.98. The lowest BCUT2D eigenvalue weighted by molar-refractivity contribution is -0.139. The van der Waals surface area contributed by atoms with Crippen LogP contribution in [0.5, 0.6) is 0 Å². The van der Waals surface area contributed by atoms with E-state index in [2.05, 4.69) is 15.4 Å². The molecule has 0 aliphatic heterocycles. The smallest absolute Gasteiger partial charge is 0.331 e. The average Bonchev–Trinajstić information content (AvgIpc) is 3.37. The van der Waals surface area contributed by atoms with Crippen molar-refractivity contribution in [3.63, 3.8) is 0 Å². The van der Waals surface area contributed by atoms with Crippen LogP contribution in [0.15, 0.2) is 69.6 Å². The summed E-state index contributed by atoms with van der Waals surface area (Å²) in [6, 6.07) is 16.6. The molecule has 0 saturated heterocycles. The van der Waals surface area contributed by atoms with Gasteiger partial charge in [0, 0.05) is 16.7 Å². The number of halogens is 1. The highest BCUT2D eigenvalue weighted by Gasteiger charge is 2.22. The molecule has 0 radical (unpaired) electrons. The van der Waals surface area contributed by atoms with Gasteiger partial charge in [-0.2, -0.15) is 0 Å². The number of ether oxygens (including phenoxy) is 1. The van der Waals surface area contributed by atoms with E-state index in [0.29, 0.717) is 22.0 Å². The van der Waals surface area contributed by atoms with Crippen molar-refractivity contribution < 1.29 is 18.5 Å². The van der Waals surface area contributed by atoms with Crippen LogP contribution in [-0.4, -0.2) is 21.3 Å². The van der Waals surface area contributed by atoms with Crippen molar-refractivity contribution >= 4 is 23.6 Å². The molecule has 150 valence electrons. The van der Waals surface area contributed by atoms with Crippen LogP contribution in [0.25, 0.3) is 28.8 Å². The van der Waals surface area contributed by atoms with Crippen LogP contribution in [0.1, 0.15) is 17.2 Å². The van der Waals surface area contributed by atoms with Crippen molar-refractivity contribution in [2.24, 2.45) is 0 Å². The lowest BCUT2D eigenvalue weighted by Gasteiger charge is -1.99. The monoisotopic (exact) mass is 421 g/mol. The molecule has 0 fully saturated rings. The summed E-state index contributed by atoms with van der Waals surface area (Å²) in [5.41, 5.74) is 2.86. The zero-order valence-corrected chi connectivity index (χ0v) is 16.7. The first kappa shape index (κ1) is 19.6. The number of hydrogen-bond acceptors (Lipinski definition) is 7. The SMILES string of the molecule is Cc1onc(-c2ccccc2)c1-c1nnc(COC(=O)/C=C/c2cccc(Cl)c2)o1. The molecule has 4 aromatic rings. The van der Waals surface area contributed by atoms with E-state index in [-0.39, 0.29) is 18.4 Å². The zero-order valence-electron chi connectivity index (χ0n) is 15.9. The first-order valence-corrected chi connectivity index (χ1v) is 9.43. The van der Waals surface area contributed by atoms with Gasteiger partial charge >= 0.3 is 5.97 Å². The van der Waals surface area contributed by atoms with Gasteiger partial charge in [-0.05, 0) is 30.7 Å². The lowest BCUT2D eigenvalue weighted by atomic mass is 10.1. The Bertz CT molecular complexity index is 1200. The molecule has 2 aromatic heterocycles. The molecule has 0 spiro atoms. The summed E-state index contributed by atoms with van der Waals surface area (Å²) in [6.45, 7) is 1.61. The quantitative estimate of drug-likeness (QED) is 0.315. The summed E-state index contributed by atoms with van der Waals surface area (Å²) < 4.78 is 16.1. The average molecular weight is 422 g/mol. The molecule has 2 heterocycles. The minimum atomic E-state index is -0.541. The normalized spacial score (nSPS) is 11.1. The van der Waals surface area contributed by atoms with Crippen LogP contribution >= 0.6 is 11.6 Å². The minimum absolute atomic E-state index is 0.156. The highest BCUT2D eigenvalue weighted by Crippen LogP contribution is 2.33. The predicted molar refractivity (Wildman–Crippen MR) is 110 cm³/mol. The van der Waals surface area contributed by atoms with E-state index in [1.807, 2.05) is 36.4 Å². The van der Waals surface area contributed by atoms with Gasteiger partial charge in [0.15, 0.2) is 6.61 Å². The molecule has 7 nitrogen and oxygen atoms in total. The van der Waals surface area contributed by atoms with Gasteiger partial charge in [-0.1, -0.05) is 59.2 Å². The Morgan fingerprint density at radius 3 is 2.77 bits per heavy atom. The molecule has 0 amide bonds. The summed E-state index contributed by atoms with van der Waals surface area (Å²) in [4.78, 5) is 11.9. The summed E-state index contributed by atoms with van der Waals surface area (Å²) in [6.07, 6.45) is 2.92. The van der Waals surface area contributed by atoms with Crippen molar-refractivity contribution in [3.8, 4) is 22.7 Å². The maximum Gasteiger partial charge on any atom is 0.331 e. The van der Waals surface area contributed by atoms with Crippen LogP contribution in [0.4, 0.5) is 0 Å². The number of aryl methyl sites for hydroxylation is 1. The van der Waals surface area contributed by atoms with Crippen molar-refractivity contribution in [2.75, 3.05) is 0 Å². The standard InChI is InChI=1S/C22H16ClN3O4/c1-14-20(21(26-30-14)16-7-3-2-4-8-16)22-25-24-18(29-22)13-28-19(27)11-10-15-6-5-9-17(23)12-15/h2-12H,13H2,1H3/b11-10+. The Balaban J connectivity index is 1.44. The topological polar surface area (TPSA) is 91.3 Å². The molecule has 0 bridgehead atoms. The van der Waals surface area contributed by atoms with E-state index in [1.165, 1.54) is 6.08 Å². The molecule has 0 aliphatic rings. The zero-order chi connectivity index (χ0) is 20.9. The van der Waals surface area contributed by atoms with Gasteiger partial charge in [0.2, 0.25) is 0 Å². The Morgan fingerprint density at radius 1 is 1.13 bits per heavy atom. The number of hydrogen-bond donors (Lipinski definition) is 0. The van der Waals surface area contributed by atoms with Gasteiger partial charge in [-0.15, -0.1) is 10.2 Å². The van der Waals surface area contributed by atoms with E-state index >= 15 is 0 Å². The van der Waals surface area contributed by atoms with Crippen molar-refractivity contribution in [1.82, 2.24) is 15.4 Å². The third-order valence-corrected chi connectivity index (χ3v) is 4.42. The van der Waals surface area contributed by atoms with E-state index in [4.69, 9.17) is 25.3 Å². The number of aromatic nitrogens is 3. The summed E-state index contributed by atoms with van der Waals surface area (Å²) in [5, 5.41) is 12.7. The largest absolute Gasteiger partial charge is 0.452 e. The maximum atomic E-state index is 11.9. The number of rotatable bonds is 6. The first-order chi connectivity index (χ1) is 14.6. The van der Waals surface area contributed by atoms with Gasteiger partial charge in [0.05, 0.1) is 0 Å². The number of carbonyl (C=O) groups is 1. The van der Waals surface area contributed by atoms with E-state index in [9.17, 15) is 4.79 Å². The van der Waals surface area contributed by atoms with Gasteiger partial charge in [0.1, 0.15) is 17.0 Å². The predicted octanol–water partition coefficient (Wildman–Crippen LogP) is 5.11. The van der Waals surface area contributed by atoms with Crippen LogP contribution in [-0.2, 0) is 16.1 Å². The minimum Gasteiger partial charge on any atom is -0.452 e. The highest BCUT2D eigenvalue weighted by molar-refractivity contribution is 6.30. The van der Waals surface area contributed by atoms with E-state index in [1.54, 1.807) is 31.2 Å². The second-order valence-electron chi connectivity index (χ2n) is 6.33. The Kier molecular flexibility index (Phi) is 5.72. The number of carbonyl (C=O) groups excluding carboxylic acids is 1. The molecule has 0 atom stereocenters. The van der Waals surface area contributed by atoms with Crippen LogP contribution in [0.3, 0.4) is 0 Å². The fraction of sp³-hybridized carbons (Fsp3) is 0.0909. The van der Waals surface area contributed by atoms with E-state index in [0.717, 1.165) is 11.1 Å². The number of nitrogens with zero attached hydrogens (tertiary/aromatic N) is 3. The third-order valence-electron chi connectivity index (χ3n) is 4.19. The van der Waals surface area contributed by atoms with Crippen LogP contribution in [0.2, 0.25) is 5.02 Å². The summed E-state index contributed by atoms with van der Waals surface area (Å²) >= 11 is 5.92. The maximum absolute atomic E-state index is 11.9. The lowest BCUT2D eigenvalue weighted by Crippen LogP contribution is -2.00. The molecule has 2 aromatic carbocycles.